The average molecular weight is 551 g/mol. The van der Waals surface area contributed by atoms with Gasteiger partial charge in [0.1, 0.15) is 12.8 Å². The highest BCUT2D eigenvalue weighted by molar-refractivity contribution is 6.31. The molecule has 10 nitrogen and oxygen atoms in total. The van der Waals surface area contributed by atoms with Crippen molar-refractivity contribution in [2.24, 2.45) is 0 Å². The molecule has 10 heteroatoms. The Balaban J connectivity index is 1.44. The van der Waals surface area contributed by atoms with E-state index >= 15 is 0 Å². The topological polar surface area (TPSA) is 124 Å². The molecule has 5 heterocycles. The van der Waals surface area contributed by atoms with Crippen LogP contribution in [0.3, 0.4) is 0 Å². The third-order valence-corrected chi connectivity index (χ3v) is 9.01. The van der Waals surface area contributed by atoms with Gasteiger partial charge in [-0.15, -0.1) is 0 Å². The number of carbonyl (C=O) groups excluding carboxylic acids is 3. The fourth-order valence-corrected chi connectivity index (χ4v) is 7.27. The summed E-state index contributed by atoms with van der Waals surface area (Å²) in [6, 6.07) is 15.7. The molecule has 206 valence electrons. The maximum atomic E-state index is 13.8. The van der Waals surface area contributed by atoms with Crippen LogP contribution in [0.2, 0.25) is 0 Å². The number of hydrogen-bond donors (Lipinski definition) is 3. The fourth-order valence-electron chi connectivity index (χ4n) is 7.27. The first-order valence-corrected chi connectivity index (χ1v) is 13.6. The molecule has 0 saturated carbocycles. The number of nitrogens with one attached hydrogen (secondary N) is 2. The van der Waals surface area contributed by atoms with E-state index in [-0.39, 0.29) is 25.5 Å². The van der Waals surface area contributed by atoms with Crippen molar-refractivity contribution in [3.05, 3.63) is 72.3 Å². The van der Waals surface area contributed by atoms with Crippen LogP contribution in [0.25, 0.3) is 43.6 Å². The van der Waals surface area contributed by atoms with Crippen LogP contribution in [-0.4, -0.2) is 50.8 Å². The molecule has 2 aromatic heterocycles. The minimum Gasteiger partial charge on any atom is -0.461 e. The molecule has 0 spiro atoms. The maximum Gasteiger partial charge on any atom is 0.330 e. The average Bonchev–Trinajstić information content (AvgIpc) is 3.67. The Hall–Kier alpha value is -4.67. The lowest BCUT2D eigenvalue weighted by Crippen LogP contribution is -2.60. The third-order valence-electron chi connectivity index (χ3n) is 9.01. The van der Waals surface area contributed by atoms with Crippen molar-refractivity contribution in [2.75, 3.05) is 13.2 Å². The van der Waals surface area contributed by atoms with Crippen molar-refractivity contribution in [1.82, 2.24) is 19.8 Å². The van der Waals surface area contributed by atoms with E-state index in [2.05, 4.69) is 17.2 Å². The van der Waals surface area contributed by atoms with Crippen LogP contribution in [0.5, 0.6) is 0 Å². The quantitative estimate of drug-likeness (QED) is 0.175. The first kappa shape index (κ1) is 24.2. The van der Waals surface area contributed by atoms with Gasteiger partial charge in [0, 0.05) is 40.6 Å². The maximum absolute atomic E-state index is 13.8. The van der Waals surface area contributed by atoms with Crippen molar-refractivity contribution in [2.45, 2.75) is 37.4 Å². The smallest absolute Gasteiger partial charge is 0.330 e. The molecule has 1 unspecified atom stereocenters. The van der Waals surface area contributed by atoms with Gasteiger partial charge in [0.2, 0.25) is 0 Å². The van der Waals surface area contributed by atoms with Gasteiger partial charge in [-0.3, -0.25) is 9.59 Å². The first-order valence-electron chi connectivity index (χ1n) is 13.6. The van der Waals surface area contributed by atoms with Crippen LogP contribution in [0, 0.1) is 0 Å². The van der Waals surface area contributed by atoms with Crippen molar-refractivity contribution in [3.63, 3.8) is 0 Å². The van der Waals surface area contributed by atoms with Crippen molar-refractivity contribution >= 4 is 61.4 Å². The van der Waals surface area contributed by atoms with Crippen LogP contribution in [0.15, 0.2) is 61.2 Å². The van der Waals surface area contributed by atoms with E-state index in [0.717, 1.165) is 55.3 Å². The Morgan fingerprint density at radius 1 is 1.15 bits per heavy atom. The van der Waals surface area contributed by atoms with Gasteiger partial charge in [-0.05, 0) is 24.6 Å². The van der Waals surface area contributed by atoms with Gasteiger partial charge in [-0.2, -0.15) is 0 Å². The molecule has 2 bridgehead atoms. The zero-order chi connectivity index (χ0) is 28.3. The summed E-state index contributed by atoms with van der Waals surface area (Å²) < 4.78 is 15.8. The number of amides is 2. The zero-order valence-electron chi connectivity index (χ0n) is 22.2. The second-order valence-electron chi connectivity index (χ2n) is 11.0. The van der Waals surface area contributed by atoms with Gasteiger partial charge >= 0.3 is 5.97 Å². The molecule has 3 aliphatic heterocycles. The van der Waals surface area contributed by atoms with E-state index < -0.39 is 29.4 Å². The molecule has 5 aromatic rings. The predicted octanol–water partition coefficient (Wildman–Crippen LogP) is 3.33. The molecule has 8 rings (SSSR count). The van der Waals surface area contributed by atoms with Crippen LogP contribution >= 0.6 is 0 Å². The minimum atomic E-state index is -1.99. The monoisotopic (exact) mass is 550 g/mol. The Morgan fingerprint density at radius 3 is 2.61 bits per heavy atom. The Kier molecular flexibility index (Phi) is 4.69. The number of nitrogens with zero attached hydrogens (tertiary/aromatic N) is 2. The molecule has 1 fully saturated rings. The number of carbonyl (C=O) groups is 3. The van der Waals surface area contributed by atoms with Crippen molar-refractivity contribution < 1.29 is 29.0 Å². The summed E-state index contributed by atoms with van der Waals surface area (Å²) in [5.74, 6) is -1.34. The number of rotatable bonds is 5. The van der Waals surface area contributed by atoms with E-state index in [1.165, 1.54) is 0 Å². The highest BCUT2D eigenvalue weighted by Crippen LogP contribution is 2.57. The van der Waals surface area contributed by atoms with Crippen molar-refractivity contribution in [3.8, 4) is 0 Å². The van der Waals surface area contributed by atoms with E-state index in [9.17, 15) is 19.5 Å². The normalized spacial score (nSPS) is 24.2. The number of aromatic nitrogens is 2. The minimum absolute atomic E-state index is 0.0118. The van der Waals surface area contributed by atoms with Gasteiger partial charge in [0.05, 0.1) is 34.2 Å². The molecular formula is C31H26N4O6. The number of fused-ring (bicyclic) bond motifs is 13. The lowest BCUT2D eigenvalue weighted by Gasteiger charge is -2.38. The first-order chi connectivity index (χ1) is 19.8. The van der Waals surface area contributed by atoms with E-state index in [4.69, 9.17) is 9.47 Å². The summed E-state index contributed by atoms with van der Waals surface area (Å²) in [6.07, 6.45) is 0.309. The standard InChI is InChI=1S/C31H26N4O6/c1-3-22(36)40-13-12-32-29(38)31(39)14-21-34-19-10-6-4-8-16(19)24-25-18(15-33-28(25)37)23-17-9-5-7-11-20(17)35(27(23)26(24)34)30(31,2)41-21/h3-11,21,39H,1,12-15H2,2H3,(H,32,38)(H,33,37)/t21?,30-,31-/m0/s1. The number of ether oxygens (including phenoxy) is 2. The summed E-state index contributed by atoms with van der Waals surface area (Å²) in [5.41, 5.74) is 1.34. The van der Waals surface area contributed by atoms with E-state index in [0.29, 0.717) is 12.1 Å². The van der Waals surface area contributed by atoms with Gasteiger partial charge in [0.25, 0.3) is 11.8 Å². The Labute approximate surface area is 233 Å². The number of aliphatic hydroxyl groups is 1. The summed E-state index contributed by atoms with van der Waals surface area (Å²) >= 11 is 0. The second kappa shape index (κ2) is 7.96. The summed E-state index contributed by atoms with van der Waals surface area (Å²) in [7, 11) is 0. The summed E-state index contributed by atoms with van der Waals surface area (Å²) in [4.78, 5) is 38.6. The largest absolute Gasteiger partial charge is 0.461 e. The highest BCUT2D eigenvalue weighted by atomic mass is 16.6. The Bertz CT molecular complexity index is 2040. The van der Waals surface area contributed by atoms with Crippen LogP contribution in [-0.2, 0) is 31.3 Å². The third kappa shape index (κ3) is 2.80. The van der Waals surface area contributed by atoms with E-state index in [1.807, 2.05) is 57.7 Å². The van der Waals surface area contributed by atoms with Crippen LogP contribution in [0.1, 0.15) is 35.5 Å². The molecule has 1 saturated heterocycles. The number of hydrogen-bond acceptors (Lipinski definition) is 6. The van der Waals surface area contributed by atoms with Crippen LogP contribution < -0.4 is 10.6 Å². The van der Waals surface area contributed by atoms with E-state index in [1.54, 1.807) is 6.92 Å². The molecule has 3 aromatic carbocycles. The SMILES string of the molecule is C=CC(=O)OCCNC(=O)[C@@]1(O)CC2O[C@]1(C)n1c3ccccc3c3c4c(c5c6ccccc6n2c5c31)C(=O)NC4. The van der Waals surface area contributed by atoms with Gasteiger partial charge in [-0.25, -0.2) is 4.79 Å². The molecule has 3 N–H and O–H groups in total. The van der Waals surface area contributed by atoms with Gasteiger partial charge < -0.3 is 34.3 Å². The fraction of sp³-hybridized carbons (Fsp3) is 0.258. The summed E-state index contributed by atoms with van der Waals surface area (Å²) in [5, 5.41) is 21.7. The van der Waals surface area contributed by atoms with Crippen molar-refractivity contribution in [1.29, 1.82) is 0 Å². The highest BCUT2D eigenvalue weighted by Gasteiger charge is 2.64. The molecular weight excluding hydrogens is 524 g/mol. The van der Waals surface area contributed by atoms with Gasteiger partial charge in [0.15, 0.2) is 11.3 Å². The molecule has 2 amide bonds. The summed E-state index contributed by atoms with van der Waals surface area (Å²) in [6.45, 7) is 5.44. The number of benzene rings is 3. The molecule has 0 radical (unpaired) electrons. The number of para-hydroxylation sites is 2. The second-order valence-corrected chi connectivity index (χ2v) is 11.0. The number of esters is 1. The lowest BCUT2D eigenvalue weighted by molar-refractivity contribution is -0.187. The van der Waals surface area contributed by atoms with Crippen LogP contribution in [0.4, 0.5) is 0 Å². The zero-order valence-corrected chi connectivity index (χ0v) is 22.2. The predicted molar refractivity (Wildman–Crippen MR) is 151 cm³/mol. The lowest BCUT2D eigenvalue weighted by atomic mass is 9.87. The molecule has 3 atom stereocenters. The Morgan fingerprint density at radius 2 is 1.85 bits per heavy atom. The molecule has 41 heavy (non-hydrogen) atoms. The molecule has 3 aliphatic rings. The molecule has 0 aliphatic carbocycles. The van der Waals surface area contributed by atoms with Gasteiger partial charge in [-0.1, -0.05) is 43.0 Å².